The van der Waals surface area contributed by atoms with Gasteiger partial charge in [0.05, 0.1) is 0 Å². The zero-order valence-corrected chi connectivity index (χ0v) is 10.9. The van der Waals surface area contributed by atoms with Crippen molar-refractivity contribution in [3.05, 3.63) is 11.3 Å². The lowest BCUT2D eigenvalue weighted by Crippen LogP contribution is -2.00. The first-order chi connectivity index (χ1) is 8.18. The molecule has 0 aromatic carbocycles. The molecule has 2 saturated carbocycles. The number of H-pyrrole nitrogens is 1. The predicted molar refractivity (Wildman–Crippen MR) is 69.7 cm³/mol. The Hall–Kier alpha value is -0.990. The summed E-state index contributed by atoms with van der Waals surface area (Å²) in [7, 11) is 0. The molecule has 3 N–H and O–H groups in total. The predicted octanol–water partition coefficient (Wildman–Crippen LogP) is 3.09. The summed E-state index contributed by atoms with van der Waals surface area (Å²) in [4.78, 5) is 0. The fourth-order valence-electron chi connectivity index (χ4n) is 3.71. The van der Waals surface area contributed by atoms with Crippen LogP contribution in [0.5, 0.6) is 0 Å². The van der Waals surface area contributed by atoms with Gasteiger partial charge in [-0.1, -0.05) is 26.7 Å². The van der Waals surface area contributed by atoms with Crippen LogP contribution in [0.25, 0.3) is 0 Å². The molecule has 1 aromatic heterocycles. The number of nitrogens with two attached hydrogens (primary N) is 1. The van der Waals surface area contributed by atoms with Gasteiger partial charge in [0.25, 0.3) is 0 Å². The second-order valence-electron chi connectivity index (χ2n) is 6.24. The fraction of sp³-hybridized carbons (Fsp3) is 0.786. The van der Waals surface area contributed by atoms with E-state index in [9.17, 15) is 0 Å². The number of anilines is 1. The minimum atomic E-state index is 0.648. The van der Waals surface area contributed by atoms with E-state index in [-0.39, 0.29) is 0 Å². The zero-order chi connectivity index (χ0) is 12.0. The van der Waals surface area contributed by atoms with Crippen LogP contribution in [-0.4, -0.2) is 10.2 Å². The van der Waals surface area contributed by atoms with Crippen molar-refractivity contribution in [2.45, 2.75) is 51.9 Å². The highest BCUT2D eigenvalue weighted by Crippen LogP contribution is 2.61. The van der Waals surface area contributed by atoms with Crippen LogP contribution in [0, 0.1) is 17.8 Å². The first-order valence-corrected chi connectivity index (χ1v) is 7.01. The van der Waals surface area contributed by atoms with Crippen molar-refractivity contribution in [1.82, 2.24) is 10.2 Å². The van der Waals surface area contributed by atoms with Crippen LogP contribution in [0.3, 0.4) is 0 Å². The van der Waals surface area contributed by atoms with E-state index in [0.29, 0.717) is 5.92 Å². The van der Waals surface area contributed by atoms with Gasteiger partial charge < -0.3 is 5.73 Å². The van der Waals surface area contributed by atoms with E-state index in [2.05, 4.69) is 24.0 Å². The maximum Gasteiger partial charge on any atom is 0.148 e. The number of nitrogens with zero attached hydrogens (tertiary/aromatic N) is 1. The highest BCUT2D eigenvalue weighted by Gasteiger charge is 2.52. The summed E-state index contributed by atoms with van der Waals surface area (Å²) < 4.78 is 0. The van der Waals surface area contributed by atoms with E-state index in [1.54, 1.807) is 0 Å². The first-order valence-electron chi connectivity index (χ1n) is 7.01. The smallest absolute Gasteiger partial charge is 0.148 e. The van der Waals surface area contributed by atoms with Crippen LogP contribution in [0.15, 0.2) is 0 Å². The van der Waals surface area contributed by atoms with Gasteiger partial charge in [0.2, 0.25) is 0 Å². The van der Waals surface area contributed by atoms with Crippen molar-refractivity contribution in [1.29, 1.82) is 0 Å². The van der Waals surface area contributed by atoms with Crippen molar-refractivity contribution < 1.29 is 0 Å². The SMILES string of the molecule is CC(C)Cc1c(N)n[nH]c1C1C2CCCCC21. The Labute approximate surface area is 103 Å². The summed E-state index contributed by atoms with van der Waals surface area (Å²) in [6, 6.07) is 0. The minimum absolute atomic E-state index is 0.648. The van der Waals surface area contributed by atoms with E-state index in [1.807, 2.05) is 0 Å². The Bertz CT molecular complexity index is 396. The van der Waals surface area contributed by atoms with Crippen LogP contribution >= 0.6 is 0 Å². The normalized spacial score (nSPS) is 31.6. The topological polar surface area (TPSA) is 54.7 Å². The molecule has 0 radical (unpaired) electrons. The van der Waals surface area contributed by atoms with Crippen molar-refractivity contribution in [3.63, 3.8) is 0 Å². The third kappa shape index (κ3) is 1.85. The molecule has 0 aliphatic heterocycles. The third-order valence-corrected chi connectivity index (χ3v) is 4.53. The van der Waals surface area contributed by atoms with Crippen molar-refractivity contribution in [3.8, 4) is 0 Å². The summed E-state index contributed by atoms with van der Waals surface area (Å²) in [5, 5.41) is 7.46. The Balaban J connectivity index is 1.83. The molecule has 2 fully saturated rings. The number of hydrogen-bond donors (Lipinski definition) is 2. The molecule has 0 amide bonds. The van der Waals surface area contributed by atoms with E-state index < -0.39 is 0 Å². The molecule has 17 heavy (non-hydrogen) atoms. The summed E-state index contributed by atoms with van der Waals surface area (Å²) >= 11 is 0. The molecule has 2 aliphatic carbocycles. The molecule has 0 spiro atoms. The molecule has 3 nitrogen and oxygen atoms in total. The Morgan fingerprint density at radius 2 is 1.94 bits per heavy atom. The molecule has 1 heterocycles. The number of nitrogens with one attached hydrogen (secondary N) is 1. The Morgan fingerprint density at radius 1 is 1.29 bits per heavy atom. The molecule has 2 atom stereocenters. The maximum atomic E-state index is 6.00. The molecule has 2 unspecified atom stereocenters. The van der Waals surface area contributed by atoms with Gasteiger partial charge in [-0.3, -0.25) is 5.10 Å². The second-order valence-corrected chi connectivity index (χ2v) is 6.24. The molecule has 0 bridgehead atoms. The molecule has 0 saturated heterocycles. The molecular formula is C14H23N3. The van der Waals surface area contributed by atoms with Gasteiger partial charge in [0, 0.05) is 17.2 Å². The highest BCUT2D eigenvalue weighted by atomic mass is 15.2. The molecule has 3 heteroatoms. The maximum absolute atomic E-state index is 6.00. The Morgan fingerprint density at radius 3 is 2.53 bits per heavy atom. The molecular weight excluding hydrogens is 210 g/mol. The standard InChI is InChI=1S/C14H23N3/c1-8(2)7-11-13(16-17-14(11)15)12-9-5-3-4-6-10(9)12/h8-10,12H,3-7H2,1-2H3,(H3,15,16,17). The number of fused-ring (bicyclic) bond motifs is 1. The third-order valence-electron chi connectivity index (χ3n) is 4.53. The van der Waals surface area contributed by atoms with E-state index in [0.717, 1.165) is 30.0 Å². The average Bonchev–Trinajstić information content (AvgIpc) is 2.92. The largest absolute Gasteiger partial charge is 0.382 e. The van der Waals surface area contributed by atoms with E-state index >= 15 is 0 Å². The van der Waals surface area contributed by atoms with Gasteiger partial charge in [0.15, 0.2) is 0 Å². The molecule has 3 rings (SSSR count). The highest BCUT2D eigenvalue weighted by molar-refractivity contribution is 5.46. The number of hydrogen-bond acceptors (Lipinski definition) is 2. The van der Waals surface area contributed by atoms with Gasteiger partial charge in [-0.2, -0.15) is 5.10 Å². The van der Waals surface area contributed by atoms with Gasteiger partial charge >= 0.3 is 0 Å². The average molecular weight is 233 g/mol. The van der Waals surface area contributed by atoms with Crippen LogP contribution in [0.2, 0.25) is 0 Å². The lowest BCUT2D eigenvalue weighted by atomic mass is 10.00. The number of aromatic nitrogens is 2. The zero-order valence-electron chi connectivity index (χ0n) is 10.9. The quantitative estimate of drug-likeness (QED) is 0.843. The number of aromatic amines is 1. The lowest BCUT2D eigenvalue weighted by molar-refractivity contribution is 0.480. The molecule has 2 aliphatic rings. The van der Waals surface area contributed by atoms with Gasteiger partial charge in [-0.15, -0.1) is 0 Å². The van der Waals surface area contributed by atoms with Gasteiger partial charge in [-0.05, 0) is 37.0 Å². The molecule has 94 valence electrons. The van der Waals surface area contributed by atoms with Crippen LogP contribution < -0.4 is 5.73 Å². The molecule has 1 aromatic rings. The van der Waals surface area contributed by atoms with Gasteiger partial charge in [-0.25, -0.2) is 0 Å². The fourth-order valence-corrected chi connectivity index (χ4v) is 3.71. The first kappa shape index (κ1) is 11.1. The van der Waals surface area contributed by atoms with Gasteiger partial charge in [0.1, 0.15) is 5.82 Å². The van der Waals surface area contributed by atoms with Crippen LogP contribution in [0.1, 0.15) is 56.7 Å². The van der Waals surface area contributed by atoms with E-state index in [4.69, 9.17) is 5.73 Å². The summed E-state index contributed by atoms with van der Waals surface area (Å²) in [6.45, 7) is 4.49. The summed E-state index contributed by atoms with van der Waals surface area (Å²) in [5.41, 5.74) is 8.68. The van der Waals surface area contributed by atoms with Crippen molar-refractivity contribution in [2.75, 3.05) is 5.73 Å². The monoisotopic (exact) mass is 233 g/mol. The number of nitrogen functional groups attached to an aromatic ring is 1. The van der Waals surface area contributed by atoms with Crippen LogP contribution in [0.4, 0.5) is 5.82 Å². The summed E-state index contributed by atoms with van der Waals surface area (Å²) in [6.07, 6.45) is 6.72. The Kier molecular flexibility index (Phi) is 2.64. The van der Waals surface area contributed by atoms with Crippen molar-refractivity contribution in [2.24, 2.45) is 17.8 Å². The van der Waals surface area contributed by atoms with E-state index in [1.165, 1.54) is 36.9 Å². The second kappa shape index (κ2) is 4.04. The van der Waals surface area contributed by atoms with Crippen LogP contribution in [-0.2, 0) is 6.42 Å². The summed E-state index contributed by atoms with van der Waals surface area (Å²) in [5.74, 6) is 3.98. The minimum Gasteiger partial charge on any atom is -0.382 e. The number of rotatable bonds is 3. The lowest BCUT2D eigenvalue weighted by Gasteiger charge is -2.06. The van der Waals surface area contributed by atoms with Crippen molar-refractivity contribution >= 4 is 5.82 Å².